The normalized spacial score (nSPS) is 9.86. The van der Waals surface area contributed by atoms with Crippen LogP contribution in [0.5, 0.6) is 5.75 Å². The number of hydrogen-bond donors (Lipinski definition) is 0. The van der Waals surface area contributed by atoms with E-state index in [0.717, 1.165) is 10.0 Å². The van der Waals surface area contributed by atoms with Crippen LogP contribution in [0.3, 0.4) is 0 Å². The van der Waals surface area contributed by atoms with E-state index < -0.39 is 5.97 Å². The van der Waals surface area contributed by atoms with Crippen molar-refractivity contribution in [3.8, 4) is 18.1 Å². The number of terminal acetylenes is 1. The van der Waals surface area contributed by atoms with E-state index in [9.17, 15) is 4.79 Å². The van der Waals surface area contributed by atoms with Crippen LogP contribution < -0.4 is 4.74 Å². The predicted molar refractivity (Wildman–Crippen MR) is 91.7 cm³/mol. The highest BCUT2D eigenvalue weighted by Crippen LogP contribution is 2.27. The van der Waals surface area contributed by atoms with E-state index in [1.165, 1.54) is 0 Å². The van der Waals surface area contributed by atoms with Crippen molar-refractivity contribution in [1.82, 2.24) is 0 Å². The maximum Gasteiger partial charge on any atom is 0.339 e. The highest BCUT2D eigenvalue weighted by Gasteiger charge is 2.10. The van der Waals surface area contributed by atoms with Crippen LogP contribution in [0.25, 0.3) is 0 Å². The van der Waals surface area contributed by atoms with Gasteiger partial charge in [0, 0.05) is 4.47 Å². The number of benzene rings is 2. The van der Waals surface area contributed by atoms with Crippen molar-refractivity contribution in [2.24, 2.45) is 0 Å². The van der Waals surface area contributed by atoms with Crippen molar-refractivity contribution in [2.45, 2.75) is 6.61 Å². The molecule has 0 bridgehead atoms. The Labute approximate surface area is 145 Å². The van der Waals surface area contributed by atoms with Crippen LogP contribution in [-0.4, -0.2) is 12.6 Å². The Balaban J connectivity index is 2.04. The molecule has 22 heavy (non-hydrogen) atoms. The zero-order valence-corrected chi connectivity index (χ0v) is 14.7. The number of ether oxygens (including phenoxy) is 2. The number of carbonyl (C=O) groups excluding carboxylic acids is 1. The monoisotopic (exact) mass is 422 g/mol. The lowest BCUT2D eigenvalue weighted by Gasteiger charge is -2.10. The number of hydrogen-bond acceptors (Lipinski definition) is 3. The molecule has 0 amide bonds. The van der Waals surface area contributed by atoms with Crippen LogP contribution in [0.1, 0.15) is 15.9 Å². The largest absolute Gasteiger partial charge is 0.488 e. The Hall–Kier alpha value is -1.77. The fraction of sp³-hybridized carbons (Fsp3) is 0.118. The molecule has 0 radical (unpaired) electrons. The zero-order valence-electron chi connectivity index (χ0n) is 11.5. The topological polar surface area (TPSA) is 35.5 Å². The summed E-state index contributed by atoms with van der Waals surface area (Å²) >= 11 is 6.81. The molecule has 2 aromatic carbocycles. The molecule has 0 fully saturated rings. The Morgan fingerprint density at radius 3 is 2.68 bits per heavy atom. The van der Waals surface area contributed by atoms with E-state index in [4.69, 9.17) is 15.9 Å². The summed E-state index contributed by atoms with van der Waals surface area (Å²) in [6.07, 6.45) is 5.05. The Kier molecular flexibility index (Phi) is 6.05. The number of halogens is 2. The van der Waals surface area contributed by atoms with Gasteiger partial charge in [0.1, 0.15) is 12.4 Å². The quantitative estimate of drug-likeness (QED) is 0.521. The highest BCUT2D eigenvalue weighted by atomic mass is 79.9. The van der Waals surface area contributed by atoms with Gasteiger partial charge < -0.3 is 9.47 Å². The number of rotatable bonds is 5. The molecule has 2 rings (SSSR count). The van der Waals surface area contributed by atoms with Gasteiger partial charge in [-0.05, 0) is 51.8 Å². The van der Waals surface area contributed by atoms with Crippen molar-refractivity contribution in [3.63, 3.8) is 0 Å². The summed E-state index contributed by atoms with van der Waals surface area (Å²) in [5, 5.41) is 0. The van der Waals surface area contributed by atoms with Crippen molar-refractivity contribution < 1.29 is 14.3 Å². The second kappa shape index (κ2) is 8.02. The van der Waals surface area contributed by atoms with Gasteiger partial charge in [0.05, 0.1) is 10.0 Å². The summed E-state index contributed by atoms with van der Waals surface area (Å²) in [5.74, 6) is 2.44. The average Bonchev–Trinajstić information content (AvgIpc) is 2.51. The van der Waals surface area contributed by atoms with E-state index >= 15 is 0 Å². The molecule has 0 N–H and O–H groups in total. The van der Waals surface area contributed by atoms with Crippen LogP contribution in [0.15, 0.2) is 51.4 Å². The first-order valence-electron chi connectivity index (χ1n) is 6.37. The lowest BCUT2D eigenvalue weighted by Crippen LogP contribution is -2.05. The molecule has 0 aliphatic rings. The highest BCUT2D eigenvalue weighted by molar-refractivity contribution is 9.10. The Morgan fingerprint density at radius 2 is 2.00 bits per heavy atom. The smallest absolute Gasteiger partial charge is 0.339 e. The molecule has 0 heterocycles. The zero-order chi connectivity index (χ0) is 15.9. The van der Waals surface area contributed by atoms with Crippen LogP contribution >= 0.6 is 31.9 Å². The maximum atomic E-state index is 11.7. The molecule has 5 heteroatoms. The molecule has 112 valence electrons. The van der Waals surface area contributed by atoms with E-state index in [1.54, 1.807) is 18.2 Å². The summed E-state index contributed by atoms with van der Waals surface area (Å²) in [7, 11) is 0. The lowest BCUT2D eigenvalue weighted by molar-refractivity contribution is 0.0556. The van der Waals surface area contributed by atoms with Crippen molar-refractivity contribution in [3.05, 3.63) is 62.5 Å². The Morgan fingerprint density at radius 1 is 1.18 bits per heavy atom. The van der Waals surface area contributed by atoms with Gasteiger partial charge in [0.2, 0.25) is 0 Å². The van der Waals surface area contributed by atoms with E-state index in [0.29, 0.717) is 22.4 Å². The minimum atomic E-state index is -0.461. The fourth-order valence-electron chi connectivity index (χ4n) is 1.72. The molecule has 0 aliphatic heterocycles. The number of carbonyl (C=O) groups is 1. The van der Waals surface area contributed by atoms with Gasteiger partial charge in [-0.1, -0.05) is 34.0 Å². The van der Waals surface area contributed by atoms with Gasteiger partial charge >= 0.3 is 5.97 Å². The summed E-state index contributed by atoms with van der Waals surface area (Å²) in [5.41, 5.74) is 1.45. The summed E-state index contributed by atoms with van der Waals surface area (Å²) in [4.78, 5) is 11.7. The second-order valence-corrected chi connectivity index (χ2v) is 6.11. The molecule has 0 unspecified atom stereocenters. The second-order valence-electron chi connectivity index (χ2n) is 4.34. The third-order valence-electron chi connectivity index (χ3n) is 2.74. The van der Waals surface area contributed by atoms with Crippen molar-refractivity contribution in [1.29, 1.82) is 0 Å². The molecule has 0 spiro atoms. The van der Waals surface area contributed by atoms with Gasteiger partial charge in [0.25, 0.3) is 0 Å². The molecule has 0 saturated carbocycles. The Bertz CT molecular complexity index is 720. The van der Waals surface area contributed by atoms with E-state index in [1.807, 2.05) is 24.3 Å². The molecular formula is C17H12Br2O3. The average molecular weight is 424 g/mol. The molecule has 0 saturated heterocycles. The minimum absolute atomic E-state index is 0.0441. The fourth-order valence-corrected chi connectivity index (χ4v) is 2.66. The van der Waals surface area contributed by atoms with E-state index in [2.05, 4.69) is 37.8 Å². The first kappa shape index (κ1) is 16.6. The van der Waals surface area contributed by atoms with Crippen LogP contribution in [0, 0.1) is 12.3 Å². The first-order chi connectivity index (χ1) is 10.6. The van der Waals surface area contributed by atoms with Gasteiger partial charge in [-0.15, -0.1) is 6.42 Å². The molecule has 0 atom stereocenters. The summed E-state index contributed by atoms with van der Waals surface area (Å²) < 4.78 is 12.3. The standard InChI is InChI=1S/C17H12Br2O3/c1-2-8-21-17(20)13-6-7-16(15(19)10-13)22-11-12-4-3-5-14(18)9-12/h1,3-7,9-10H,8,11H2. The third-order valence-corrected chi connectivity index (χ3v) is 3.85. The number of esters is 1. The van der Waals surface area contributed by atoms with Gasteiger partial charge in [-0.25, -0.2) is 4.79 Å². The van der Waals surface area contributed by atoms with Gasteiger partial charge in [-0.2, -0.15) is 0 Å². The van der Waals surface area contributed by atoms with Gasteiger partial charge in [-0.3, -0.25) is 0 Å². The van der Waals surface area contributed by atoms with Crippen molar-refractivity contribution >= 4 is 37.8 Å². The minimum Gasteiger partial charge on any atom is -0.488 e. The van der Waals surface area contributed by atoms with Crippen LogP contribution in [-0.2, 0) is 11.3 Å². The molecule has 2 aromatic rings. The molecular weight excluding hydrogens is 412 g/mol. The predicted octanol–water partition coefficient (Wildman–Crippen LogP) is 4.58. The maximum absolute atomic E-state index is 11.7. The van der Waals surface area contributed by atoms with Crippen LogP contribution in [0.4, 0.5) is 0 Å². The molecule has 0 aliphatic carbocycles. The van der Waals surface area contributed by atoms with Gasteiger partial charge in [0.15, 0.2) is 6.61 Å². The summed E-state index contributed by atoms with van der Waals surface area (Å²) in [6.45, 7) is 0.385. The van der Waals surface area contributed by atoms with Crippen molar-refractivity contribution in [2.75, 3.05) is 6.61 Å². The van der Waals surface area contributed by atoms with Crippen LogP contribution in [0.2, 0.25) is 0 Å². The SMILES string of the molecule is C#CCOC(=O)c1ccc(OCc2cccc(Br)c2)c(Br)c1. The molecule has 3 nitrogen and oxygen atoms in total. The third kappa shape index (κ3) is 4.62. The first-order valence-corrected chi connectivity index (χ1v) is 7.96. The molecule has 0 aromatic heterocycles. The van der Waals surface area contributed by atoms with E-state index in [-0.39, 0.29) is 6.61 Å². The lowest BCUT2D eigenvalue weighted by atomic mass is 10.2. The summed E-state index contributed by atoms with van der Waals surface area (Å²) in [6, 6.07) is 12.9.